The van der Waals surface area contributed by atoms with Crippen molar-refractivity contribution in [3.05, 3.63) is 30.5 Å². The Morgan fingerprint density at radius 3 is 2.38 bits per heavy atom. The number of benzene rings is 1. The minimum atomic E-state index is -3.80. The van der Waals surface area contributed by atoms with E-state index in [1.165, 1.54) is 44.7 Å². The number of nitrogens with one attached hydrogen (secondary N) is 1. The maximum Gasteiger partial charge on any atom is 0.264 e. The second-order valence-electron chi connectivity index (χ2n) is 3.95. The molecule has 0 amide bonds. The van der Waals surface area contributed by atoms with Crippen molar-refractivity contribution in [3.63, 3.8) is 0 Å². The maximum atomic E-state index is 12.2. The van der Waals surface area contributed by atoms with E-state index in [-0.39, 0.29) is 16.7 Å². The van der Waals surface area contributed by atoms with Gasteiger partial charge in [0.25, 0.3) is 15.9 Å². The zero-order valence-electron chi connectivity index (χ0n) is 11.4. The Morgan fingerprint density at radius 1 is 1.14 bits per heavy atom. The van der Waals surface area contributed by atoms with Gasteiger partial charge in [-0.2, -0.15) is 4.98 Å². The summed E-state index contributed by atoms with van der Waals surface area (Å²) in [7, 11) is -0.980. The molecule has 0 saturated carbocycles. The second kappa shape index (κ2) is 5.83. The summed E-state index contributed by atoms with van der Waals surface area (Å²) in [6, 6.07) is 5.75. The molecular weight excluding hydrogens is 296 g/mol. The van der Waals surface area contributed by atoms with E-state index in [4.69, 9.17) is 15.2 Å². The largest absolute Gasteiger partial charge is 0.490 e. The molecule has 0 radical (unpaired) electrons. The van der Waals surface area contributed by atoms with Gasteiger partial charge in [0.15, 0.2) is 5.75 Å². The van der Waals surface area contributed by atoms with Crippen LogP contribution in [0.3, 0.4) is 0 Å². The van der Waals surface area contributed by atoms with Crippen molar-refractivity contribution < 1.29 is 17.9 Å². The van der Waals surface area contributed by atoms with Crippen LogP contribution in [-0.2, 0) is 10.0 Å². The van der Waals surface area contributed by atoms with Gasteiger partial charge >= 0.3 is 0 Å². The van der Waals surface area contributed by atoms with Crippen LogP contribution in [0.2, 0.25) is 0 Å². The molecular formula is C12H14N4O4S. The Bertz CT molecular complexity index is 731. The number of sulfonamides is 1. The van der Waals surface area contributed by atoms with Crippen LogP contribution < -0.4 is 19.9 Å². The van der Waals surface area contributed by atoms with E-state index in [1.807, 2.05) is 0 Å². The summed E-state index contributed by atoms with van der Waals surface area (Å²) in [5.41, 5.74) is 5.99. The third-order valence-electron chi connectivity index (χ3n) is 2.55. The van der Waals surface area contributed by atoms with E-state index in [9.17, 15) is 8.42 Å². The van der Waals surface area contributed by atoms with Gasteiger partial charge in [-0.05, 0) is 24.3 Å². The molecule has 9 heteroatoms. The molecule has 0 spiro atoms. The molecule has 2 aromatic rings. The van der Waals surface area contributed by atoms with Gasteiger partial charge in [-0.1, -0.05) is 0 Å². The summed E-state index contributed by atoms with van der Waals surface area (Å²) < 4.78 is 36.5. The number of hydrogen-bond donors (Lipinski definition) is 2. The highest BCUT2D eigenvalue weighted by Crippen LogP contribution is 2.24. The first kappa shape index (κ1) is 14.9. The van der Waals surface area contributed by atoms with Crippen molar-refractivity contribution >= 4 is 21.7 Å². The van der Waals surface area contributed by atoms with Crippen LogP contribution in [-0.4, -0.2) is 32.6 Å². The van der Waals surface area contributed by atoms with Crippen molar-refractivity contribution in [2.75, 3.05) is 24.7 Å². The highest BCUT2D eigenvalue weighted by molar-refractivity contribution is 7.92. The van der Waals surface area contributed by atoms with Crippen LogP contribution in [0.25, 0.3) is 0 Å². The number of methoxy groups -OCH3 is 2. The van der Waals surface area contributed by atoms with Crippen molar-refractivity contribution in [1.82, 2.24) is 9.97 Å². The number of rotatable bonds is 5. The van der Waals surface area contributed by atoms with E-state index < -0.39 is 10.0 Å². The standard InChI is InChI=1S/C12H14N4O4S/c1-19-10-7-14-12(15-11(10)20-2)16-21(17,18)9-5-3-8(13)4-6-9/h3-7H,13H2,1-2H3,(H,14,15,16). The van der Waals surface area contributed by atoms with Gasteiger partial charge in [0.05, 0.1) is 25.3 Å². The lowest BCUT2D eigenvalue weighted by Crippen LogP contribution is -2.15. The Labute approximate surface area is 122 Å². The molecule has 0 saturated heterocycles. The quantitative estimate of drug-likeness (QED) is 0.787. The van der Waals surface area contributed by atoms with Crippen LogP contribution in [0.1, 0.15) is 0 Å². The van der Waals surface area contributed by atoms with Crippen molar-refractivity contribution in [1.29, 1.82) is 0 Å². The number of nitrogens with zero attached hydrogens (tertiary/aromatic N) is 2. The molecule has 21 heavy (non-hydrogen) atoms. The topological polar surface area (TPSA) is 116 Å². The average Bonchev–Trinajstić information content (AvgIpc) is 2.47. The first-order valence-corrected chi connectivity index (χ1v) is 7.28. The fourth-order valence-electron chi connectivity index (χ4n) is 1.52. The summed E-state index contributed by atoms with van der Waals surface area (Å²) in [6.45, 7) is 0. The van der Waals surface area contributed by atoms with Gasteiger partial charge in [0.2, 0.25) is 5.95 Å². The second-order valence-corrected chi connectivity index (χ2v) is 5.63. The van der Waals surface area contributed by atoms with Gasteiger partial charge in [-0.25, -0.2) is 18.1 Å². The Kier molecular flexibility index (Phi) is 4.13. The molecule has 0 aliphatic rings. The summed E-state index contributed by atoms with van der Waals surface area (Å²) in [5.74, 6) is 0.305. The Hall–Kier alpha value is -2.55. The SMILES string of the molecule is COc1cnc(NS(=O)(=O)c2ccc(N)cc2)nc1OC. The van der Waals surface area contributed by atoms with E-state index in [2.05, 4.69) is 14.7 Å². The molecule has 0 unspecified atom stereocenters. The first-order valence-electron chi connectivity index (χ1n) is 5.79. The van der Waals surface area contributed by atoms with Crippen LogP contribution >= 0.6 is 0 Å². The number of hydrogen-bond acceptors (Lipinski definition) is 7. The molecule has 0 aliphatic heterocycles. The Balaban J connectivity index is 2.30. The zero-order chi connectivity index (χ0) is 15.5. The predicted molar refractivity (Wildman–Crippen MR) is 76.8 cm³/mol. The molecule has 0 bridgehead atoms. The van der Waals surface area contributed by atoms with Gasteiger partial charge < -0.3 is 15.2 Å². The number of ether oxygens (including phenoxy) is 2. The molecule has 0 aliphatic carbocycles. The third kappa shape index (κ3) is 3.31. The molecule has 112 valence electrons. The highest BCUT2D eigenvalue weighted by Gasteiger charge is 2.17. The molecule has 1 aromatic heterocycles. The number of aromatic nitrogens is 2. The fourth-order valence-corrected chi connectivity index (χ4v) is 2.47. The van der Waals surface area contributed by atoms with Crippen molar-refractivity contribution in [2.24, 2.45) is 0 Å². The number of anilines is 2. The van der Waals surface area contributed by atoms with E-state index in [1.54, 1.807) is 0 Å². The van der Waals surface area contributed by atoms with Gasteiger partial charge in [0, 0.05) is 5.69 Å². The van der Waals surface area contributed by atoms with E-state index >= 15 is 0 Å². The summed E-state index contributed by atoms with van der Waals surface area (Å²) in [5, 5.41) is 0. The number of nitrogens with two attached hydrogens (primary N) is 1. The highest BCUT2D eigenvalue weighted by atomic mass is 32.2. The summed E-state index contributed by atoms with van der Waals surface area (Å²) in [4.78, 5) is 7.82. The minimum Gasteiger partial charge on any atom is -0.490 e. The molecule has 1 heterocycles. The molecule has 0 fully saturated rings. The van der Waals surface area contributed by atoms with Gasteiger partial charge in [0.1, 0.15) is 0 Å². The van der Waals surface area contributed by atoms with Crippen LogP contribution in [0, 0.1) is 0 Å². The normalized spacial score (nSPS) is 11.0. The first-order chi connectivity index (χ1) is 9.96. The van der Waals surface area contributed by atoms with Crippen LogP contribution in [0.15, 0.2) is 35.4 Å². The van der Waals surface area contributed by atoms with Crippen molar-refractivity contribution in [3.8, 4) is 11.6 Å². The monoisotopic (exact) mass is 310 g/mol. The Morgan fingerprint density at radius 2 is 1.81 bits per heavy atom. The molecule has 2 rings (SSSR count). The lowest BCUT2D eigenvalue weighted by atomic mass is 10.3. The average molecular weight is 310 g/mol. The van der Waals surface area contributed by atoms with Crippen LogP contribution in [0.5, 0.6) is 11.6 Å². The third-order valence-corrected chi connectivity index (χ3v) is 3.90. The maximum absolute atomic E-state index is 12.2. The minimum absolute atomic E-state index is 0.0510. The van der Waals surface area contributed by atoms with Crippen molar-refractivity contribution in [2.45, 2.75) is 4.90 Å². The summed E-state index contributed by atoms with van der Waals surface area (Å²) in [6.07, 6.45) is 1.31. The van der Waals surface area contributed by atoms with E-state index in [0.717, 1.165) is 0 Å². The van der Waals surface area contributed by atoms with Gasteiger partial charge in [-0.15, -0.1) is 0 Å². The predicted octanol–water partition coefficient (Wildman–Crippen LogP) is 0.877. The molecule has 0 atom stereocenters. The van der Waals surface area contributed by atoms with E-state index in [0.29, 0.717) is 11.4 Å². The smallest absolute Gasteiger partial charge is 0.264 e. The molecule has 3 N–H and O–H groups in total. The summed E-state index contributed by atoms with van der Waals surface area (Å²) >= 11 is 0. The lowest BCUT2D eigenvalue weighted by molar-refractivity contribution is 0.341. The number of nitrogen functional groups attached to an aromatic ring is 1. The van der Waals surface area contributed by atoms with Gasteiger partial charge in [-0.3, -0.25) is 0 Å². The fraction of sp³-hybridized carbons (Fsp3) is 0.167. The van der Waals surface area contributed by atoms with Crippen LogP contribution in [0.4, 0.5) is 11.6 Å². The molecule has 1 aromatic carbocycles. The lowest BCUT2D eigenvalue weighted by Gasteiger charge is -2.09. The zero-order valence-corrected chi connectivity index (χ0v) is 12.2. The molecule has 8 nitrogen and oxygen atoms in total.